The number of benzene rings is 2. The van der Waals surface area contributed by atoms with Crippen molar-refractivity contribution in [1.82, 2.24) is 14.8 Å². The molecule has 134 valence electrons. The van der Waals surface area contributed by atoms with E-state index in [1.807, 2.05) is 69.4 Å². The Morgan fingerprint density at radius 2 is 1.81 bits per heavy atom. The van der Waals surface area contributed by atoms with Crippen LogP contribution in [-0.4, -0.2) is 20.7 Å². The average Bonchev–Trinajstić information content (AvgIpc) is 3.05. The van der Waals surface area contributed by atoms with Gasteiger partial charge >= 0.3 is 0 Å². The van der Waals surface area contributed by atoms with E-state index in [0.717, 1.165) is 33.5 Å². The number of carbonyl (C=O) groups is 1. The molecule has 0 bridgehead atoms. The molecule has 0 aliphatic carbocycles. The second kappa shape index (κ2) is 6.68. The standard InChI is InChI=1S/C22H20N4O/c1-14-9-10-19(15(2)11-14)25-22(27)17-12-20(16-7-5-4-6-8-16)24-21-18(17)13-23-26(21)3/h4-13H,1-3H3,(H,25,27). The second-order valence-electron chi connectivity index (χ2n) is 6.70. The molecule has 0 fully saturated rings. The van der Waals surface area contributed by atoms with Gasteiger partial charge in [-0.05, 0) is 31.5 Å². The number of nitrogens with one attached hydrogen (secondary N) is 1. The van der Waals surface area contributed by atoms with Crippen molar-refractivity contribution in [2.75, 3.05) is 5.32 Å². The quantitative estimate of drug-likeness (QED) is 0.588. The van der Waals surface area contributed by atoms with Crippen molar-refractivity contribution in [2.45, 2.75) is 13.8 Å². The summed E-state index contributed by atoms with van der Waals surface area (Å²) in [6.45, 7) is 4.02. The predicted octanol–water partition coefficient (Wildman–Crippen LogP) is 4.50. The highest BCUT2D eigenvalue weighted by Gasteiger charge is 2.17. The van der Waals surface area contributed by atoms with E-state index < -0.39 is 0 Å². The normalized spacial score (nSPS) is 10.9. The summed E-state index contributed by atoms with van der Waals surface area (Å²) < 4.78 is 1.69. The van der Waals surface area contributed by atoms with E-state index in [2.05, 4.69) is 16.5 Å². The minimum atomic E-state index is -0.167. The smallest absolute Gasteiger partial charge is 0.256 e. The van der Waals surface area contributed by atoms with E-state index in [0.29, 0.717) is 11.2 Å². The van der Waals surface area contributed by atoms with Gasteiger partial charge in [0.15, 0.2) is 5.65 Å². The monoisotopic (exact) mass is 356 g/mol. The van der Waals surface area contributed by atoms with Crippen molar-refractivity contribution in [2.24, 2.45) is 7.05 Å². The SMILES string of the molecule is Cc1ccc(NC(=O)c2cc(-c3ccccc3)nc3c2cnn3C)c(C)c1. The molecule has 5 heteroatoms. The van der Waals surface area contributed by atoms with Gasteiger partial charge < -0.3 is 5.32 Å². The number of amides is 1. The van der Waals surface area contributed by atoms with Gasteiger partial charge in [-0.3, -0.25) is 9.48 Å². The van der Waals surface area contributed by atoms with Gasteiger partial charge in [-0.25, -0.2) is 4.98 Å². The first kappa shape index (κ1) is 17.0. The molecule has 0 saturated heterocycles. The molecule has 4 rings (SSSR count). The van der Waals surface area contributed by atoms with Gasteiger partial charge in [0.05, 0.1) is 22.8 Å². The van der Waals surface area contributed by atoms with Crippen LogP contribution < -0.4 is 5.32 Å². The molecule has 1 amide bonds. The summed E-state index contributed by atoms with van der Waals surface area (Å²) in [4.78, 5) is 17.8. The molecule has 2 aromatic heterocycles. The van der Waals surface area contributed by atoms with Gasteiger partial charge in [0.25, 0.3) is 5.91 Å². The summed E-state index contributed by atoms with van der Waals surface area (Å²) >= 11 is 0. The number of pyridine rings is 1. The molecule has 0 spiro atoms. The van der Waals surface area contributed by atoms with Crippen LogP contribution in [0.3, 0.4) is 0 Å². The maximum Gasteiger partial charge on any atom is 0.256 e. The third-order valence-electron chi connectivity index (χ3n) is 4.65. The van der Waals surface area contributed by atoms with Crippen LogP contribution in [0.2, 0.25) is 0 Å². The number of nitrogens with zero attached hydrogens (tertiary/aromatic N) is 3. The molecular weight excluding hydrogens is 336 g/mol. The van der Waals surface area contributed by atoms with Crippen LogP contribution in [0.4, 0.5) is 5.69 Å². The number of anilines is 1. The molecule has 27 heavy (non-hydrogen) atoms. The van der Waals surface area contributed by atoms with Crippen LogP contribution in [0.5, 0.6) is 0 Å². The van der Waals surface area contributed by atoms with Gasteiger partial charge in [-0.2, -0.15) is 5.10 Å². The molecule has 2 aromatic carbocycles. The third kappa shape index (κ3) is 3.19. The molecule has 2 heterocycles. The molecule has 0 radical (unpaired) electrons. The van der Waals surface area contributed by atoms with Gasteiger partial charge in [0, 0.05) is 18.3 Å². The van der Waals surface area contributed by atoms with Gasteiger partial charge in [0.2, 0.25) is 0 Å². The summed E-state index contributed by atoms with van der Waals surface area (Å²) in [5.41, 5.74) is 5.95. The maximum absolute atomic E-state index is 13.1. The zero-order valence-corrected chi connectivity index (χ0v) is 15.5. The van der Waals surface area contributed by atoms with Crippen molar-refractivity contribution in [3.63, 3.8) is 0 Å². The second-order valence-corrected chi connectivity index (χ2v) is 6.70. The highest BCUT2D eigenvalue weighted by atomic mass is 16.1. The Morgan fingerprint density at radius 1 is 1.04 bits per heavy atom. The molecule has 0 saturated carbocycles. The number of aryl methyl sites for hydroxylation is 3. The van der Waals surface area contributed by atoms with Crippen LogP contribution in [0, 0.1) is 13.8 Å². The Kier molecular flexibility index (Phi) is 4.20. The first-order valence-electron chi connectivity index (χ1n) is 8.80. The molecule has 0 atom stereocenters. The van der Waals surface area contributed by atoms with Crippen molar-refractivity contribution in [3.8, 4) is 11.3 Å². The van der Waals surface area contributed by atoms with Crippen LogP contribution in [-0.2, 0) is 7.05 Å². The Bertz CT molecular complexity index is 1150. The van der Waals surface area contributed by atoms with E-state index in [1.165, 1.54) is 0 Å². The van der Waals surface area contributed by atoms with Crippen molar-refractivity contribution in [3.05, 3.63) is 77.5 Å². The minimum absolute atomic E-state index is 0.167. The molecule has 4 aromatic rings. The highest BCUT2D eigenvalue weighted by Crippen LogP contribution is 2.26. The highest BCUT2D eigenvalue weighted by molar-refractivity contribution is 6.12. The number of hydrogen-bond acceptors (Lipinski definition) is 3. The molecular formula is C22H20N4O. The summed E-state index contributed by atoms with van der Waals surface area (Å²) in [5, 5.41) is 8.05. The first-order valence-corrected chi connectivity index (χ1v) is 8.80. The number of aromatic nitrogens is 3. The van der Waals surface area contributed by atoms with E-state index in [4.69, 9.17) is 4.98 Å². The fraction of sp³-hybridized carbons (Fsp3) is 0.136. The lowest BCUT2D eigenvalue weighted by atomic mass is 10.1. The molecule has 5 nitrogen and oxygen atoms in total. The van der Waals surface area contributed by atoms with Crippen LogP contribution in [0.1, 0.15) is 21.5 Å². The Hall–Kier alpha value is -3.47. The molecule has 0 aliphatic heterocycles. The predicted molar refractivity (Wildman–Crippen MR) is 108 cm³/mol. The van der Waals surface area contributed by atoms with Crippen molar-refractivity contribution >= 4 is 22.6 Å². The number of rotatable bonds is 3. The third-order valence-corrected chi connectivity index (χ3v) is 4.65. The summed E-state index contributed by atoms with van der Waals surface area (Å²) in [7, 11) is 1.83. The number of hydrogen-bond donors (Lipinski definition) is 1. The average molecular weight is 356 g/mol. The molecule has 1 N–H and O–H groups in total. The van der Waals surface area contributed by atoms with E-state index in [-0.39, 0.29) is 5.91 Å². The topological polar surface area (TPSA) is 59.8 Å². The summed E-state index contributed by atoms with van der Waals surface area (Å²) in [5.74, 6) is -0.167. The zero-order chi connectivity index (χ0) is 19.0. The van der Waals surface area contributed by atoms with Gasteiger partial charge in [-0.1, -0.05) is 48.0 Å². The van der Waals surface area contributed by atoms with E-state index >= 15 is 0 Å². The van der Waals surface area contributed by atoms with Crippen molar-refractivity contribution in [1.29, 1.82) is 0 Å². The van der Waals surface area contributed by atoms with Crippen LogP contribution in [0.25, 0.3) is 22.3 Å². The van der Waals surface area contributed by atoms with Crippen molar-refractivity contribution < 1.29 is 4.79 Å². The van der Waals surface area contributed by atoms with Crippen LogP contribution in [0.15, 0.2) is 60.8 Å². The first-order chi connectivity index (χ1) is 13.0. The summed E-state index contributed by atoms with van der Waals surface area (Å²) in [6.07, 6.45) is 1.69. The number of carbonyl (C=O) groups excluding carboxylic acids is 1. The minimum Gasteiger partial charge on any atom is -0.322 e. The Morgan fingerprint density at radius 3 is 2.56 bits per heavy atom. The van der Waals surface area contributed by atoms with Gasteiger partial charge in [-0.15, -0.1) is 0 Å². The van der Waals surface area contributed by atoms with E-state index in [9.17, 15) is 4.79 Å². The number of fused-ring (bicyclic) bond motifs is 1. The Balaban J connectivity index is 1.81. The van der Waals surface area contributed by atoms with Gasteiger partial charge in [0.1, 0.15) is 0 Å². The fourth-order valence-electron chi connectivity index (χ4n) is 3.20. The lowest BCUT2D eigenvalue weighted by molar-refractivity contribution is 0.102. The van der Waals surface area contributed by atoms with Crippen LogP contribution >= 0.6 is 0 Å². The zero-order valence-electron chi connectivity index (χ0n) is 15.5. The fourth-order valence-corrected chi connectivity index (χ4v) is 3.20. The largest absolute Gasteiger partial charge is 0.322 e. The Labute approximate surface area is 157 Å². The maximum atomic E-state index is 13.1. The molecule has 0 aliphatic rings. The molecule has 0 unspecified atom stereocenters. The van der Waals surface area contributed by atoms with E-state index in [1.54, 1.807) is 10.9 Å². The summed E-state index contributed by atoms with van der Waals surface area (Å²) in [6, 6.07) is 17.6. The lowest BCUT2D eigenvalue weighted by Crippen LogP contribution is -2.14. The lowest BCUT2D eigenvalue weighted by Gasteiger charge is -2.11.